The lowest BCUT2D eigenvalue weighted by Crippen LogP contribution is -2.51. The highest BCUT2D eigenvalue weighted by atomic mass is 79.9. The molecule has 0 spiro atoms. The minimum Gasteiger partial charge on any atom is -0.444 e. The lowest BCUT2D eigenvalue weighted by Gasteiger charge is -2.37. The van der Waals surface area contributed by atoms with E-state index in [1.54, 1.807) is 20.8 Å². The van der Waals surface area contributed by atoms with Crippen molar-refractivity contribution in [1.82, 2.24) is 10.2 Å². The van der Waals surface area contributed by atoms with Gasteiger partial charge in [0.05, 0.1) is 6.10 Å². The van der Waals surface area contributed by atoms with Gasteiger partial charge in [-0.25, -0.2) is 4.79 Å². The van der Waals surface area contributed by atoms with E-state index < -0.39 is 34.5 Å². The van der Waals surface area contributed by atoms with Gasteiger partial charge in [0.1, 0.15) is 5.60 Å². The Balaban J connectivity index is 2.57. The van der Waals surface area contributed by atoms with Crippen molar-refractivity contribution in [3.63, 3.8) is 0 Å². The number of aliphatic hydroxyl groups is 1. The molecular weight excluding hydrogens is 366 g/mol. The molecule has 0 radical (unpaired) electrons. The number of ether oxygens (including phenoxy) is 1. The lowest BCUT2D eigenvalue weighted by molar-refractivity contribution is -0.134. The zero-order chi connectivity index (χ0) is 17.1. The zero-order valence-electron chi connectivity index (χ0n) is 12.7. The maximum Gasteiger partial charge on any atom is 0.410 e. The summed E-state index contributed by atoms with van der Waals surface area (Å²) in [5.74, 6) is -2.01. The van der Waals surface area contributed by atoms with E-state index in [-0.39, 0.29) is 13.1 Å². The summed E-state index contributed by atoms with van der Waals surface area (Å²) in [6, 6.07) is 0. The summed E-state index contributed by atoms with van der Waals surface area (Å²) in [4.78, 5) is 20.8. The second-order valence-electron chi connectivity index (χ2n) is 6.25. The summed E-state index contributed by atoms with van der Waals surface area (Å²) in [7, 11) is 0. The number of rotatable bonds is 3. The summed E-state index contributed by atoms with van der Waals surface area (Å²) < 4.78 is 30.7. The second kappa shape index (κ2) is 7.08. The number of likely N-dealkylation sites (tertiary alicyclic amines) is 1. The molecule has 1 aliphatic heterocycles. The minimum absolute atomic E-state index is 0.129. The van der Waals surface area contributed by atoms with E-state index in [4.69, 9.17) is 4.74 Å². The van der Waals surface area contributed by atoms with Gasteiger partial charge in [-0.3, -0.25) is 4.79 Å². The van der Waals surface area contributed by atoms with Crippen LogP contribution in [0.4, 0.5) is 13.6 Å². The molecule has 1 heterocycles. The van der Waals surface area contributed by atoms with Crippen molar-refractivity contribution in [2.24, 2.45) is 5.92 Å². The average molecular weight is 387 g/mol. The van der Waals surface area contributed by atoms with Crippen LogP contribution in [0.2, 0.25) is 0 Å². The number of nitrogens with zero attached hydrogens (tertiary/aromatic N) is 1. The van der Waals surface area contributed by atoms with E-state index in [9.17, 15) is 23.5 Å². The predicted molar refractivity (Wildman–Crippen MR) is 78.8 cm³/mol. The first-order valence-electron chi connectivity index (χ1n) is 6.91. The van der Waals surface area contributed by atoms with E-state index in [0.717, 1.165) is 0 Å². The first-order valence-corrected chi connectivity index (χ1v) is 7.70. The van der Waals surface area contributed by atoms with E-state index >= 15 is 0 Å². The largest absolute Gasteiger partial charge is 0.444 e. The fourth-order valence-corrected chi connectivity index (χ4v) is 2.18. The van der Waals surface area contributed by atoms with Gasteiger partial charge in [0.15, 0.2) is 0 Å². The number of carbonyl (C=O) groups is 2. The standard InChI is InChI=1S/C13H21BrF2N2O4/c1-12(2,3)22-11(21)18-5-4-9(19)8(7-18)6-17-10(20)13(14,15)16/h8-9,19H,4-7H2,1-3H3,(H,17,20). The van der Waals surface area contributed by atoms with Crippen LogP contribution >= 0.6 is 15.9 Å². The van der Waals surface area contributed by atoms with Gasteiger partial charge in [0.25, 0.3) is 0 Å². The molecule has 0 saturated carbocycles. The van der Waals surface area contributed by atoms with E-state index in [1.165, 1.54) is 4.90 Å². The van der Waals surface area contributed by atoms with Gasteiger partial charge in [0, 0.05) is 41.5 Å². The Hall–Kier alpha value is -0.960. The van der Waals surface area contributed by atoms with E-state index in [1.807, 2.05) is 15.9 Å². The van der Waals surface area contributed by atoms with Gasteiger partial charge in [-0.2, -0.15) is 8.78 Å². The topological polar surface area (TPSA) is 78.9 Å². The smallest absolute Gasteiger partial charge is 0.410 e. The maximum absolute atomic E-state index is 12.7. The van der Waals surface area contributed by atoms with Crippen LogP contribution in [0, 0.1) is 5.92 Å². The van der Waals surface area contributed by atoms with Crippen molar-refractivity contribution in [3.8, 4) is 0 Å². The van der Waals surface area contributed by atoms with Crippen LogP contribution in [-0.4, -0.2) is 58.2 Å². The molecule has 2 N–H and O–H groups in total. The van der Waals surface area contributed by atoms with Crippen molar-refractivity contribution in [2.75, 3.05) is 19.6 Å². The molecule has 1 saturated heterocycles. The molecule has 0 aromatic rings. The van der Waals surface area contributed by atoms with Crippen LogP contribution in [0.5, 0.6) is 0 Å². The number of hydrogen-bond donors (Lipinski definition) is 2. The number of alkyl halides is 3. The summed E-state index contributed by atoms with van der Waals surface area (Å²) in [5, 5.41) is 11.9. The Morgan fingerprint density at radius 2 is 2.00 bits per heavy atom. The Kier molecular flexibility index (Phi) is 6.14. The summed E-state index contributed by atoms with van der Waals surface area (Å²) >= 11 is 1.96. The Labute approximate surface area is 136 Å². The average Bonchev–Trinajstić information content (AvgIpc) is 2.34. The third-order valence-electron chi connectivity index (χ3n) is 3.13. The summed E-state index contributed by atoms with van der Waals surface area (Å²) in [5.41, 5.74) is -0.644. The zero-order valence-corrected chi connectivity index (χ0v) is 14.3. The predicted octanol–water partition coefficient (Wildman–Crippen LogP) is 1.71. The van der Waals surface area contributed by atoms with E-state index in [2.05, 4.69) is 5.32 Å². The van der Waals surface area contributed by atoms with Crippen molar-refractivity contribution >= 4 is 27.9 Å². The van der Waals surface area contributed by atoms with Crippen molar-refractivity contribution in [2.45, 2.75) is 43.7 Å². The fourth-order valence-electron chi connectivity index (χ4n) is 2.04. The Bertz CT molecular complexity index is 423. The number of halogens is 3. The third-order valence-corrected chi connectivity index (χ3v) is 3.49. The molecule has 2 amide bonds. The molecule has 2 unspecified atom stereocenters. The number of amides is 2. The molecule has 9 heteroatoms. The minimum atomic E-state index is -3.66. The van der Waals surface area contributed by atoms with E-state index in [0.29, 0.717) is 13.0 Å². The van der Waals surface area contributed by atoms with Crippen molar-refractivity contribution < 1.29 is 28.2 Å². The van der Waals surface area contributed by atoms with Crippen LogP contribution in [0.15, 0.2) is 0 Å². The highest BCUT2D eigenvalue weighted by Gasteiger charge is 2.37. The molecule has 128 valence electrons. The molecule has 0 aromatic heterocycles. The molecule has 1 aliphatic rings. The number of aliphatic hydroxyl groups excluding tert-OH is 1. The number of piperidine rings is 1. The van der Waals surface area contributed by atoms with Crippen molar-refractivity contribution in [1.29, 1.82) is 0 Å². The molecule has 0 aliphatic carbocycles. The summed E-state index contributed by atoms with van der Waals surface area (Å²) in [6.07, 6.45) is -1.01. The molecule has 6 nitrogen and oxygen atoms in total. The highest BCUT2D eigenvalue weighted by Crippen LogP contribution is 2.23. The van der Waals surface area contributed by atoms with Crippen LogP contribution in [0.25, 0.3) is 0 Å². The Morgan fingerprint density at radius 3 is 2.50 bits per heavy atom. The molecule has 1 rings (SSSR count). The molecule has 22 heavy (non-hydrogen) atoms. The van der Waals surface area contributed by atoms with Crippen molar-refractivity contribution in [3.05, 3.63) is 0 Å². The normalized spacial score (nSPS) is 23.1. The number of hydrogen-bond acceptors (Lipinski definition) is 4. The first-order chi connectivity index (χ1) is 9.90. The van der Waals surface area contributed by atoms with Crippen LogP contribution in [0.3, 0.4) is 0 Å². The molecule has 1 fully saturated rings. The molecule has 0 bridgehead atoms. The fraction of sp³-hybridized carbons (Fsp3) is 0.846. The number of carbonyl (C=O) groups excluding carboxylic acids is 2. The van der Waals surface area contributed by atoms with Gasteiger partial charge >= 0.3 is 16.8 Å². The molecule has 2 atom stereocenters. The molecular formula is C13H21BrF2N2O4. The monoisotopic (exact) mass is 386 g/mol. The third kappa shape index (κ3) is 6.04. The first kappa shape index (κ1) is 19.1. The van der Waals surface area contributed by atoms with Gasteiger partial charge in [-0.15, -0.1) is 0 Å². The van der Waals surface area contributed by atoms with Crippen LogP contribution in [0.1, 0.15) is 27.2 Å². The van der Waals surface area contributed by atoms with Gasteiger partial charge in [0.2, 0.25) is 0 Å². The second-order valence-corrected chi connectivity index (χ2v) is 7.25. The van der Waals surface area contributed by atoms with Gasteiger partial charge in [-0.1, -0.05) is 0 Å². The Morgan fingerprint density at radius 1 is 1.41 bits per heavy atom. The quantitative estimate of drug-likeness (QED) is 0.723. The van der Waals surface area contributed by atoms with Crippen LogP contribution in [-0.2, 0) is 9.53 Å². The SMILES string of the molecule is CC(C)(C)OC(=O)N1CCC(O)C(CNC(=O)C(F)(F)Br)C1. The van der Waals surface area contributed by atoms with Crippen LogP contribution < -0.4 is 5.32 Å². The van der Waals surface area contributed by atoms with Gasteiger partial charge < -0.3 is 20.1 Å². The highest BCUT2D eigenvalue weighted by molar-refractivity contribution is 9.10. The maximum atomic E-state index is 12.7. The summed E-state index contributed by atoms with van der Waals surface area (Å²) in [6.45, 7) is 5.50. The lowest BCUT2D eigenvalue weighted by atomic mass is 9.95. The van der Waals surface area contributed by atoms with Gasteiger partial charge in [-0.05, 0) is 27.2 Å². The molecule has 0 aromatic carbocycles. The number of nitrogens with one attached hydrogen (secondary N) is 1.